The number of methoxy groups -OCH3 is 1. The highest BCUT2D eigenvalue weighted by atomic mass is 16.5. The van der Waals surface area contributed by atoms with E-state index in [1.54, 1.807) is 18.7 Å². The maximum Gasteiger partial charge on any atom is 0.253 e. The van der Waals surface area contributed by atoms with Crippen LogP contribution in [0.25, 0.3) is 16.9 Å². The number of aromatic nitrogens is 3. The highest BCUT2D eigenvalue weighted by Gasteiger charge is 2.36. The van der Waals surface area contributed by atoms with Crippen LogP contribution in [0.1, 0.15) is 47.6 Å². The molecule has 0 spiro atoms. The quantitative estimate of drug-likeness (QED) is 0.321. The molecule has 2 heterocycles. The second kappa shape index (κ2) is 12.0. The molecule has 0 bridgehead atoms. The average molecular weight is 539 g/mol. The van der Waals surface area contributed by atoms with Crippen LogP contribution in [0.15, 0.2) is 77.7 Å². The van der Waals surface area contributed by atoms with Crippen molar-refractivity contribution < 1.29 is 9.53 Å². The van der Waals surface area contributed by atoms with E-state index < -0.39 is 0 Å². The number of hydrogen-bond acceptors (Lipinski definition) is 4. The minimum Gasteiger partial charge on any atom is -0.385 e. The molecule has 4 aromatic rings. The van der Waals surface area contributed by atoms with Gasteiger partial charge >= 0.3 is 0 Å². The lowest BCUT2D eigenvalue weighted by Gasteiger charge is -2.21. The summed E-state index contributed by atoms with van der Waals surface area (Å²) in [5, 5.41) is 8.36. The molecule has 0 saturated heterocycles. The molecule has 40 heavy (non-hydrogen) atoms. The SMILES string of the molecule is COCC[C@@H]1C[C@@H](NC(=O)Cc2c(C)c(-c3cc(C)c(=O)n(C)c3)nn2-c2ccccc2)[C@H](c2ccccc2)C1. The second-order valence-corrected chi connectivity index (χ2v) is 11.0. The van der Waals surface area contributed by atoms with Gasteiger partial charge in [0.25, 0.3) is 5.56 Å². The van der Waals surface area contributed by atoms with Crippen LogP contribution in [0.5, 0.6) is 0 Å². The first-order valence-corrected chi connectivity index (χ1v) is 14.0. The van der Waals surface area contributed by atoms with Crippen molar-refractivity contribution in [2.75, 3.05) is 13.7 Å². The van der Waals surface area contributed by atoms with E-state index in [1.165, 1.54) is 5.56 Å². The van der Waals surface area contributed by atoms with Crippen molar-refractivity contribution in [2.24, 2.45) is 13.0 Å². The predicted molar refractivity (Wildman–Crippen MR) is 158 cm³/mol. The molecule has 2 aromatic heterocycles. The molecule has 0 unspecified atom stereocenters. The fourth-order valence-corrected chi connectivity index (χ4v) is 6.10. The molecule has 1 amide bonds. The first kappa shape index (κ1) is 27.6. The fraction of sp³-hybridized carbons (Fsp3) is 0.364. The molecule has 1 N–H and O–H groups in total. The highest BCUT2D eigenvalue weighted by molar-refractivity contribution is 5.80. The van der Waals surface area contributed by atoms with E-state index in [9.17, 15) is 9.59 Å². The van der Waals surface area contributed by atoms with Gasteiger partial charge < -0.3 is 14.6 Å². The maximum absolute atomic E-state index is 13.7. The number of carbonyl (C=O) groups is 1. The molecule has 1 saturated carbocycles. The van der Waals surface area contributed by atoms with E-state index in [-0.39, 0.29) is 29.8 Å². The van der Waals surface area contributed by atoms with Gasteiger partial charge in [-0.15, -0.1) is 0 Å². The van der Waals surface area contributed by atoms with Gasteiger partial charge in [0, 0.05) is 50.0 Å². The fourth-order valence-electron chi connectivity index (χ4n) is 6.10. The third kappa shape index (κ3) is 5.80. The van der Waals surface area contributed by atoms with E-state index in [2.05, 4.69) is 29.6 Å². The molecule has 0 aliphatic heterocycles. The first-order valence-electron chi connectivity index (χ1n) is 14.0. The molecule has 2 aromatic carbocycles. The smallest absolute Gasteiger partial charge is 0.253 e. The zero-order valence-electron chi connectivity index (χ0n) is 23.8. The van der Waals surface area contributed by atoms with Crippen LogP contribution in [0, 0.1) is 19.8 Å². The summed E-state index contributed by atoms with van der Waals surface area (Å²) in [6.45, 7) is 4.55. The predicted octanol–water partition coefficient (Wildman–Crippen LogP) is 5.11. The zero-order chi connectivity index (χ0) is 28.2. The van der Waals surface area contributed by atoms with Crippen molar-refractivity contribution in [1.82, 2.24) is 19.7 Å². The van der Waals surface area contributed by atoms with Gasteiger partial charge in [0.15, 0.2) is 0 Å². The van der Waals surface area contributed by atoms with Crippen LogP contribution < -0.4 is 10.9 Å². The molecular formula is C33H38N4O3. The molecule has 1 fully saturated rings. The number of amides is 1. The Bertz CT molecular complexity index is 1500. The Morgan fingerprint density at radius 1 is 1.05 bits per heavy atom. The van der Waals surface area contributed by atoms with E-state index in [0.717, 1.165) is 54.1 Å². The summed E-state index contributed by atoms with van der Waals surface area (Å²) in [5.41, 5.74) is 6.19. The van der Waals surface area contributed by atoms with Gasteiger partial charge in [0.1, 0.15) is 0 Å². The lowest BCUT2D eigenvalue weighted by molar-refractivity contribution is -0.121. The average Bonchev–Trinajstić information content (AvgIpc) is 3.51. The topological polar surface area (TPSA) is 78.2 Å². The van der Waals surface area contributed by atoms with E-state index in [4.69, 9.17) is 9.84 Å². The van der Waals surface area contributed by atoms with Crippen LogP contribution in [-0.4, -0.2) is 40.0 Å². The zero-order valence-corrected chi connectivity index (χ0v) is 23.8. The van der Waals surface area contributed by atoms with Crippen LogP contribution in [0.2, 0.25) is 0 Å². The Balaban J connectivity index is 1.45. The highest BCUT2D eigenvalue weighted by Crippen LogP contribution is 2.40. The van der Waals surface area contributed by atoms with Crippen LogP contribution in [-0.2, 0) is 23.0 Å². The lowest BCUT2D eigenvalue weighted by atomic mass is 9.93. The Hall–Kier alpha value is -3.97. The largest absolute Gasteiger partial charge is 0.385 e. The molecule has 1 aliphatic rings. The van der Waals surface area contributed by atoms with Gasteiger partial charge in [0.2, 0.25) is 5.91 Å². The summed E-state index contributed by atoms with van der Waals surface area (Å²) < 4.78 is 8.81. The van der Waals surface area contributed by atoms with Crippen molar-refractivity contribution in [3.05, 3.63) is 106 Å². The van der Waals surface area contributed by atoms with Gasteiger partial charge in [-0.25, -0.2) is 4.68 Å². The van der Waals surface area contributed by atoms with Gasteiger partial charge in [-0.3, -0.25) is 9.59 Å². The summed E-state index contributed by atoms with van der Waals surface area (Å²) in [6, 6.07) is 22.3. The Morgan fingerprint density at radius 2 is 1.75 bits per heavy atom. The van der Waals surface area contributed by atoms with Gasteiger partial charge in [0.05, 0.1) is 23.5 Å². The number of aryl methyl sites for hydroxylation is 2. The number of nitrogens with zero attached hydrogens (tertiary/aromatic N) is 3. The molecule has 7 heteroatoms. The van der Waals surface area contributed by atoms with Gasteiger partial charge in [-0.05, 0) is 68.4 Å². The minimum absolute atomic E-state index is 0.0123. The normalized spacial score (nSPS) is 18.6. The summed E-state index contributed by atoms with van der Waals surface area (Å²) >= 11 is 0. The summed E-state index contributed by atoms with van der Waals surface area (Å²) in [7, 11) is 3.49. The summed E-state index contributed by atoms with van der Waals surface area (Å²) in [4.78, 5) is 26.0. The Labute approximate surface area is 235 Å². The number of benzene rings is 2. The van der Waals surface area contributed by atoms with Crippen molar-refractivity contribution >= 4 is 5.91 Å². The maximum atomic E-state index is 13.7. The van der Waals surface area contributed by atoms with E-state index in [1.807, 2.05) is 67.2 Å². The Morgan fingerprint density at radius 3 is 2.42 bits per heavy atom. The van der Waals surface area contributed by atoms with Crippen molar-refractivity contribution in [3.63, 3.8) is 0 Å². The molecule has 208 valence electrons. The molecule has 7 nitrogen and oxygen atoms in total. The molecule has 0 radical (unpaired) electrons. The van der Waals surface area contributed by atoms with Crippen molar-refractivity contribution in [3.8, 4) is 16.9 Å². The second-order valence-electron chi connectivity index (χ2n) is 11.0. The number of para-hydroxylation sites is 1. The third-order valence-electron chi connectivity index (χ3n) is 8.17. The van der Waals surface area contributed by atoms with E-state index in [0.29, 0.717) is 11.5 Å². The molecule has 1 aliphatic carbocycles. The minimum atomic E-state index is -0.0307. The van der Waals surface area contributed by atoms with Crippen molar-refractivity contribution in [1.29, 1.82) is 0 Å². The lowest BCUT2D eigenvalue weighted by Crippen LogP contribution is -2.38. The summed E-state index contributed by atoms with van der Waals surface area (Å²) in [5.74, 6) is 0.768. The molecule has 5 rings (SSSR count). The van der Waals surface area contributed by atoms with Gasteiger partial charge in [-0.1, -0.05) is 48.5 Å². The molecular weight excluding hydrogens is 500 g/mol. The summed E-state index contributed by atoms with van der Waals surface area (Å²) in [6.07, 6.45) is 4.99. The number of nitrogens with one attached hydrogen (secondary N) is 1. The van der Waals surface area contributed by atoms with Crippen LogP contribution in [0.4, 0.5) is 0 Å². The number of pyridine rings is 1. The number of hydrogen-bond donors (Lipinski definition) is 1. The monoisotopic (exact) mass is 538 g/mol. The van der Waals surface area contributed by atoms with Crippen LogP contribution >= 0.6 is 0 Å². The van der Waals surface area contributed by atoms with E-state index >= 15 is 0 Å². The van der Waals surface area contributed by atoms with Crippen molar-refractivity contribution in [2.45, 2.75) is 51.5 Å². The number of carbonyl (C=O) groups excluding carboxylic acids is 1. The number of rotatable bonds is 9. The Kier molecular flexibility index (Phi) is 8.31. The molecule has 3 atom stereocenters. The third-order valence-corrected chi connectivity index (χ3v) is 8.17. The van der Waals surface area contributed by atoms with Crippen LogP contribution in [0.3, 0.4) is 0 Å². The van der Waals surface area contributed by atoms with Gasteiger partial charge in [-0.2, -0.15) is 5.10 Å². The first-order chi connectivity index (χ1) is 19.4. The number of ether oxygens (including phenoxy) is 1. The standard InChI is InChI=1S/C33H38N4O3/c1-22-17-26(21-36(3)33(22)39)32-23(2)30(37(35-32)27-13-9-6-10-14-27)20-31(38)34-29-19-24(15-16-40-4)18-28(29)25-11-7-5-8-12-25/h5-14,17,21,24,28-29H,15-16,18-20H2,1-4H3,(H,34,38)/t24-,28-,29+/m0/s1.